The Labute approximate surface area is 139 Å². The van der Waals surface area contributed by atoms with Crippen molar-refractivity contribution in [3.05, 3.63) is 36.0 Å². The van der Waals surface area contributed by atoms with Gasteiger partial charge in [0.2, 0.25) is 10.0 Å². The highest BCUT2D eigenvalue weighted by Gasteiger charge is 2.22. The smallest absolute Gasteiger partial charge is 0.211 e. The summed E-state index contributed by atoms with van der Waals surface area (Å²) in [6.45, 7) is 4.19. The monoisotopic (exact) mass is 337 g/mol. The van der Waals surface area contributed by atoms with E-state index in [2.05, 4.69) is 32.5 Å². The van der Waals surface area contributed by atoms with Gasteiger partial charge in [-0.2, -0.15) is 0 Å². The Morgan fingerprint density at radius 3 is 2.48 bits per heavy atom. The number of hydrogen-bond donors (Lipinski definition) is 1. The number of sulfonamides is 1. The zero-order valence-electron chi connectivity index (χ0n) is 14.6. The molecule has 1 aromatic carbocycles. The molecule has 23 heavy (non-hydrogen) atoms. The van der Waals surface area contributed by atoms with E-state index in [9.17, 15) is 8.42 Å². The van der Waals surface area contributed by atoms with Crippen LogP contribution in [-0.2, 0) is 17.1 Å². The summed E-state index contributed by atoms with van der Waals surface area (Å²) < 4.78 is 29.1. The maximum atomic E-state index is 12.1. The number of para-hydroxylation sites is 1. The Hall–Kier alpha value is -1.37. The van der Waals surface area contributed by atoms with E-state index in [1.54, 1.807) is 0 Å². The minimum absolute atomic E-state index is 0.0111. The number of likely N-dealkylation sites (N-methyl/N-ethyl adjacent to an activating group) is 1. The Morgan fingerprint density at radius 2 is 1.87 bits per heavy atom. The summed E-state index contributed by atoms with van der Waals surface area (Å²) in [5.41, 5.74) is 2.29. The van der Waals surface area contributed by atoms with Crippen molar-refractivity contribution in [2.45, 2.75) is 19.9 Å². The minimum atomic E-state index is -3.25. The summed E-state index contributed by atoms with van der Waals surface area (Å²) in [5, 5.41) is 1.16. The summed E-state index contributed by atoms with van der Waals surface area (Å²) in [6.07, 6.45) is 2.09. The first kappa shape index (κ1) is 18.0. The van der Waals surface area contributed by atoms with Crippen LogP contribution < -0.4 is 4.72 Å². The molecule has 0 saturated carbocycles. The van der Waals surface area contributed by atoms with Gasteiger partial charge in [0.1, 0.15) is 0 Å². The minimum Gasteiger partial charge on any atom is -0.350 e. The number of aromatic nitrogens is 1. The highest BCUT2D eigenvalue weighted by molar-refractivity contribution is 7.89. The normalized spacial score (nSPS) is 14.0. The van der Waals surface area contributed by atoms with Gasteiger partial charge in [0, 0.05) is 36.7 Å². The lowest BCUT2D eigenvalue weighted by Crippen LogP contribution is -2.36. The van der Waals surface area contributed by atoms with E-state index >= 15 is 0 Å². The maximum Gasteiger partial charge on any atom is 0.211 e. The van der Waals surface area contributed by atoms with E-state index in [1.165, 1.54) is 0 Å². The molecule has 0 amide bonds. The van der Waals surface area contributed by atoms with Crippen molar-refractivity contribution in [1.82, 2.24) is 14.2 Å². The first-order valence-electron chi connectivity index (χ1n) is 7.89. The molecule has 128 valence electrons. The molecule has 0 aliphatic rings. The SMILES string of the molecule is CC(C)CS(=O)(=O)NCC(c1cn(C)c2ccccc12)N(C)C. The average Bonchev–Trinajstić information content (AvgIpc) is 2.75. The molecule has 1 unspecified atom stereocenters. The van der Waals surface area contributed by atoms with Crippen LogP contribution in [0.4, 0.5) is 0 Å². The summed E-state index contributed by atoms with van der Waals surface area (Å²) in [7, 11) is 2.72. The quantitative estimate of drug-likeness (QED) is 0.844. The fraction of sp³-hybridized carbons (Fsp3) is 0.529. The fourth-order valence-electron chi connectivity index (χ4n) is 2.91. The number of fused-ring (bicyclic) bond motifs is 1. The third-order valence-corrected chi connectivity index (χ3v) is 5.67. The van der Waals surface area contributed by atoms with Crippen LogP contribution in [0.2, 0.25) is 0 Å². The second-order valence-electron chi connectivity index (χ2n) is 6.72. The van der Waals surface area contributed by atoms with E-state index in [-0.39, 0.29) is 17.7 Å². The van der Waals surface area contributed by atoms with Crippen LogP contribution in [0.3, 0.4) is 0 Å². The van der Waals surface area contributed by atoms with Gasteiger partial charge < -0.3 is 9.47 Å². The topological polar surface area (TPSA) is 54.3 Å². The zero-order chi connectivity index (χ0) is 17.2. The fourth-order valence-corrected chi connectivity index (χ4v) is 4.32. The predicted molar refractivity (Wildman–Crippen MR) is 96.0 cm³/mol. The van der Waals surface area contributed by atoms with Gasteiger partial charge in [-0.25, -0.2) is 13.1 Å². The lowest BCUT2D eigenvalue weighted by atomic mass is 10.1. The summed E-state index contributed by atoms with van der Waals surface area (Å²) in [5.74, 6) is 0.269. The van der Waals surface area contributed by atoms with Crippen LogP contribution in [0.25, 0.3) is 10.9 Å². The van der Waals surface area contributed by atoms with Gasteiger partial charge in [-0.1, -0.05) is 32.0 Å². The number of rotatable bonds is 7. The van der Waals surface area contributed by atoms with Crippen LogP contribution in [0.1, 0.15) is 25.5 Å². The maximum absolute atomic E-state index is 12.1. The van der Waals surface area contributed by atoms with Crippen LogP contribution in [0, 0.1) is 5.92 Å². The van der Waals surface area contributed by atoms with Gasteiger partial charge in [0.15, 0.2) is 0 Å². The predicted octanol–water partition coefficient (Wildman–Crippen LogP) is 2.36. The highest BCUT2D eigenvalue weighted by atomic mass is 32.2. The van der Waals surface area contributed by atoms with Gasteiger partial charge >= 0.3 is 0 Å². The second-order valence-corrected chi connectivity index (χ2v) is 8.57. The molecule has 1 aromatic heterocycles. The number of benzene rings is 1. The van der Waals surface area contributed by atoms with Crippen molar-refractivity contribution in [1.29, 1.82) is 0 Å². The number of hydrogen-bond acceptors (Lipinski definition) is 3. The van der Waals surface area contributed by atoms with Gasteiger partial charge in [0.05, 0.1) is 5.75 Å². The van der Waals surface area contributed by atoms with Crippen LogP contribution in [0.5, 0.6) is 0 Å². The summed E-state index contributed by atoms with van der Waals surface area (Å²) in [6, 6.07) is 8.19. The number of nitrogens with one attached hydrogen (secondary N) is 1. The first-order chi connectivity index (χ1) is 10.7. The molecule has 2 aromatic rings. The zero-order valence-corrected chi connectivity index (χ0v) is 15.4. The summed E-state index contributed by atoms with van der Waals surface area (Å²) in [4.78, 5) is 2.06. The molecule has 1 heterocycles. The van der Waals surface area contributed by atoms with E-state index in [4.69, 9.17) is 0 Å². The van der Waals surface area contributed by atoms with Crippen LogP contribution in [-0.4, -0.2) is 44.3 Å². The standard InChI is InChI=1S/C17H27N3O2S/c1-13(2)12-23(21,22)18-10-17(19(3)4)15-11-20(5)16-9-7-6-8-14(15)16/h6-9,11,13,17-18H,10,12H2,1-5H3. The Morgan fingerprint density at radius 1 is 1.22 bits per heavy atom. The lowest BCUT2D eigenvalue weighted by Gasteiger charge is -2.24. The lowest BCUT2D eigenvalue weighted by molar-refractivity contribution is 0.301. The molecule has 0 aliphatic carbocycles. The average molecular weight is 337 g/mol. The molecule has 0 bridgehead atoms. The van der Waals surface area contributed by atoms with Crippen molar-refractivity contribution < 1.29 is 8.42 Å². The molecule has 2 rings (SSSR count). The Bertz CT molecular complexity index is 763. The molecule has 0 fully saturated rings. The van der Waals surface area contributed by atoms with Gasteiger partial charge in [-0.15, -0.1) is 0 Å². The molecule has 1 atom stereocenters. The number of nitrogens with zero attached hydrogens (tertiary/aromatic N) is 2. The number of aryl methyl sites for hydroxylation is 1. The van der Waals surface area contributed by atoms with Crippen molar-refractivity contribution in [3.8, 4) is 0 Å². The first-order valence-corrected chi connectivity index (χ1v) is 9.54. The largest absolute Gasteiger partial charge is 0.350 e. The second kappa shape index (κ2) is 7.03. The van der Waals surface area contributed by atoms with Crippen LogP contribution in [0.15, 0.2) is 30.5 Å². The van der Waals surface area contributed by atoms with Gasteiger partial charge in [-0.3, -0.25) is 0 Å². The molecule has 0 radical (unpaired) electrons. The summed E-state index contributed by atoms with van der Waals surface area (Å²) >= 11 is 0. The Kier molecular flexibility index (Phi) is 5.49. The van der Waals surface area contributed by atoms with E-state index < -0.39 is 10.0 Å². The van der Waals surface area contributed by atoms with Crippen molar-refractivity contribution in [2.24, 2.45) is 13.0 Å². The van der Waals surface area contributed by atoms with E-state index in [1.807, 2.05) is 47.1 Å². The molecular formula is C17H27N3O2S. The molecule has 6 heteroatoms. The molecule has 1 N–H and O–H groups in total. The third-order valence-electron chi connectivity index (χ3n) is 3.96. The van der Waals surface area contributed by atoms with E-state index in [0.29, 0.717) is 6.54 Å². The van der Waals surface area contributed by atoms with Gasteiger partial charge in [-0.05, 0) is 31.6 Å². The van der Waals surface area contributed by atoms with Crippen molar-refractivity contribution in [2.75, 3.05) is 26.4 Å². The van der Waals surface area contributed by atoms with E-state index in [0.717, 1.165) is 16.5 Å². The molecular weight excluding hydrogens is 310 g/mol. The van der Waals surface area contributed by atoms with Gasteiger partial charge in [0.25, 0.3) is 0 Å². The Balaban J connectivity index is 2.28. The molecule has 0 spiro atoms. The van der Waals surface area contributed by atoms with Crippen molar-refractivity contribution >= 4 is 20.9 Å². The highest BCUT2D eigenvalue weighted by Crippen LogP contribution is 2.28. The molecule has 5 nitrogen and oxygen atoms in total. The molecule has 0 aliphatic heterocycles. The van der Waals surface area contributed by atoms with Crippen LogP contribution >= 0.6 is 0 Å². The molecule has 0 saturated heterocycles. The van der Waals surface area contributed by atoms with Crippen molar-refractivity contribution in [3.63, 3.8) is 0 Å². The third kappa shape index (κ3) is 4.34.